The van der Waals surface area contributed by atoms with Crippen LogP contribution >= 0.6 is 11.6 Å². The standard InChI is InChI=1S/C22H24ClN3O2/c1-4-9-26(22(28)24-19-8-6-5-7-18(19)23)13-16-12-20(27)25-21-15(3)10-14(2)11-17(16)21/h5-8,10-12H,4,9,13H2,1-3H3,(H,24,28)(H,25,27). The molecule has 0 aliphatic heterocycles. The van der Waals surface area contributed by atoms with Crippen LogP contribution in [0.1, 0.15) is 30.0 Å². The Labute approximate surface area is 169 Å². The van der Waals surface area contributed by atoms with Crippen molar-refractivity contribution < 1.29 is 4.79 Å². The zero-order valence-electron chi connectivity index (χ0n) is 16.3. The SMILES string of the molecule is CCCN(Cc1cc(=O)[nH]c2c(C)cc(C)cc12)C(=O)Nc1ccccc1Cl. The zero-order valence-corrected chi connectivity index (χ0v) is 17.1. The van der Waals surface area contributed by atoms with E-state index in [4.69, 9.17) is 11.6 Å². The highest BCUT2D eigenvalue weighted by molar-refractivity contribution is 6.33. The molecule has 1 aromatic heterocycles. The van der Waals surface area contributed by atoms with E-state index in [1.807, 2.05) is 45.0 Å². The number of urea groups is 1. The van der Waals surface area contributed by atoms with Crippen molar-refractivity contribution in [3.8, 4) is 0 Å². The molecular formula is C22H24ClN3O2. The summed E-state index contributed by atoms with van der Waals surface area (Å²) in [7, 11) is 0. The zero-order chi connectivity index (χ0) is 20.3. The largest absolute Gasteiger partial charge is 0.322 e. The number of rotatable bonds is 5. The molecule has 0 unspecified atom stereocenters. The molecule has 6 heteroatoms. The average molecular weight is 398 g/mol. The highest BCUT2D eigenvalue weighted by atomic mass is 35.5. The van der Waals surface area contributed by atoms with Gasteiger partial charge >= 0.3 is 6.03 Å². The van der Waals surface area contributed by atoms with E-state index >= 15 is 0 Å². The summed E-state index contributed by atoms with van der Waals surface area (Å²) in [5.74, 6) is 0. The molecule has 0 bridgehead atoms. The van der Waals surface area contributed by atoms with Gasteiger partial charge in [-0.25, -0.2) is 4.79 Å². The number of fused-ring (bicyclic) bond motifs is 1. The lowest BCUT2D eigenvalue weighted by atomic mass is 10.0. The van der Waals surface area contributed by atoms with Gasteiger partial charge in [0, 0.05) is 24.5 Å². The van der Waals surface area contributed by atoms with E-state index in [9.17, 15) is 9.59 Å². The third-order valence-corrected chi connectivity index (χ3v) is 4.97. The van der Waals surface area contributed by atoms with Gasteiger partial charge in [0.05, 0.1) is 16.2 Å². The van der Waals surface area contributed by atoms with Gasteiger partial charge in [-0.1, -0.05) is 42.3 Å². The van der Waals surface area contributed by atoms with Gasteiger partial charge in [0.2, 0.25) is 5.56 Å². The number of H-pyrrole nitrogens is 1. The van der Waals surface area contributed by atoms with Crippen molar-refractivity contribution in [1.82, 2.24) is 9.88 Å². The molecule has 0 radical (unpaired) electrons. The summed E-state index contributed by atoms with van der Waals surface area (Å²) >= 11 is 6.17. The van der Waals surface area contributed by atoms with E-state index in [-0.39, 0.29) is 11.6 Å². The predicted octanol–water partition coefficient (Wildman–Crippen LogP) is 5.24. The monoisotopic (exact) mass is 397 g/mol. The average Bonchev–Trinajstić information content (AvgIpc) is 2.64. The minimum absolute atomic E-state index is 0.169. The van der Waals surface area contributed by atoms with Crippen LogP contribution in [-0.2, 0) is 6.54 Å². The number of carbonyl (C=O) groups excluding carboxylic acids is 1. The molecule has 146 valence electrons. The molecule has 0 atom stereocenters. The number of pyridine rings is 1. The van der Waals surface area contributed by atoms with Crippen LogP contribution < -0.4 is 10.9 Å². The second-order valence-electron chi connectivity index (χ2n) is 6.99. The summed E-state index contributed by atoms with van der Waals surface area (Å²) in [6, 6.07) is 12.5. The first-order valence-corrected chi connectivity index (χ1v) is 9.70. The van der Waals surface area contributed by atoms with Crippen LogP contribution in [0.4, 0.5) is 10.5 Å². The predicted molar refractivity (Wildman–Crippen MR) is 115 cm³/mol. The Kier molecular flexibility index (Phi) is 6.05. The quantitative estimate of drug-likeness (QED) is 0.618. The number of hydrogen-bond acceptors (Lipinski definition) is 2. The Morgan fingerprint density at radius 1 is 1.18 bits per heavy atom. The number of hydrogen-bond donors (Lipinski definition) is 2. The topological polar surface area (TPSA) is 65.2 Å². The minimum atomic E-state index is -0.243. The number of aromatic nitrogens is 1. The Morgan fingerprint density at radius 3 is 2.64 bits per heavy atom. The molecule has 0 saturated heterocycles. The highest BCUT2D eigenvalue weighted by Gasteiger charge is 2.17. The summed E-state index contributed by atoms with van der Waals surface area (Å²) in [6.45, 7) is 6.92. The van der Waals surface area contributed by atoms with Crippen molar-refractivity contribution >= 4 is 34.2 Å². The van der Waals surface area contributed by atoms with E-state index in [0.29, 0.717) is 23.8 Å². The molecule has 0 aliphatic carbocycles. The van der Waals surface area contributed by atoms with Gasteiger partial charge in [-0.05, 0) is 49.6 Å². The molecular weight excluding hydrogens is 374 g/mol. The van der Waals surface area contributed by atoms with Crippen molar-refractivity contribution in [3.05, 3.63) is 74.5 Å². The molecule has 1 heterocycles. The number of benzene rings is 2. The fourth-order valence-corrected chi connectivity index (χ4v) is 3.58. The number of amides is 2. The van der Waals surface area contributed by atoms with Gasteiger partial charge in [-0.15, -0.1) is 0 Å². The van der Waals surface area contributed by atoms with E-state index in [0.717, 1.165) is 34.0 Å². The van der Waals surface area contributed by atoms with Gasteiger partial charge in [0.15, 0.2) is 0 Å². The summed E-state index contributed by atoms with van der Waals surface area (Å²) < 4.78 is 0. The van der Waals surface area contributed by atoms with Crippen LogP contribution in [0.15, 0.2) is 47.3 Å². The number of halogens is 1. The molecule has 2 amide bonds. The fraction of sp³-hybridized carbons (Fsp3) is 0.273. The van der Waals surface area contributed by atoms with E-state index < -0.39 is 0 Å². The number of nitrogens with one attached hydrogen (secondary N) is 2. The van der Waals surface area contributed by atoms with Crippen molar-refractivity contribution in [2.24, 2.45) is 0 Å². The number of anilines is 1. The van der Waals surface area contributed by atoms with Crippen LogP contribution in [0.3, 0.4) is 0 Å². The van der Waals surface area contributed by atoms with Crippen molar-refractivity contribution in [2.75, 3.05) is 11.9 Å². The molecule has 0 spiro atoms. The maximum absolute atomic E-state index is 12.9. The summed E-state index contributed by atoms with van der Waals surface area (Å²) in [6.07, 6.45) is 0.801. The Balaban J connectivity index is 1.95. The van der Waals surface area contributed by atoms with Gasteiger partial charge in [0.1, 0.15) is 0 Å². The first-order valence-electron chi connectivity index (χ1n) is 9.32. The minimum Gasteiger partial charge on any atom is -0.322 e. The Hall–Kier alpha value is -2.79. The van der Waals surface area contributed by atoms with Gasteiger partial charge in [0.25, 0.3) is 0 Å². The van der Waals surface area contributed by atoms with Crippen molar-refractivity contribution in [1.29, 1.82) is 0 Å². The molecule has 5 nitrogen and oxygen atoms in total. The molecule has 3 rings (SSSR count). The number of aryl methyl sites for hydroxylation is 2. The molecule has 2 aromatic carbocycles. The van der Waals surface area contributed by atoms with Gasteiger partial charge < -0.3 is 15.2 Å². The first kappa shape index (κ1) is 20.0. The summed E-state index contributed by atoms with van der Waals surface area (Å²) in [4.78, 5) is 29.7. The second kappa shape index (κ2) is 8.48. The van der Waals surface area contributed by atoms with E-state index in [1.165, 1.54) is 0 Å². The number of nitrogens with zero attached hydrogens (tertiary/aromatic N) is 1. The maximum Gasteiger partial charge on any atom is 0.322 e. The number of aromatic amines is 1. The molecule has 3 aromatic rings. The maximum atomic E-state index is 12.9. The van der Waals surface area contributed by atoms with E-state index in [2.05, 4.69) is 10.3 Å². The normalized spacial score (nSPS) is 10.9. The van der Waals surface area contributed by atoms with Crippen LogP contribution in [0.2, 0.25) is 5.02 Å². The van der Waals surface area contributed by atoms with Crippen LogP contribution in [0, 0.1) is 13.8 Å². The molecule has 0 aliphatic rings. The third kappa shape index (κ3) is 4.37. The van der Waals surface area contributed by atoms with Gasteiger partial charge in [-0.2, -0.15) is 0 Å². The van der Waals surface area contributed by atoms with Crippen molar-refractivity contribution in [2.45, 2.75) is 33.7 Å². The lowest BCUT2D eigenvalue weighted by Gasteiger charge is -2.24. The number of carbonyl (C=O) groups is 1. The molecule has 28 heavy (non-hydrogen) atoms. The number of para-hydroxylation sites is 1. The fourth-order valence-electron chi connectivity index (χ4n) is 3.40. The summed E-state index contributed by atoms with van der Waals surface area (Å²) in [5.41, 5.74) is 4.16. The summed E-state index contributed by atoms with van der Waals surface area (Å²) in [5, 5.41) is 4.32. The third-order valence-electron chi connectivity index (χ3n) is 4.64. The molecule has 0 saturated carbocycles. The van der Waals surface area contributed by atoms with E-state index in [1.54, 1.807) is 23.1 Å². The smallest absolute Gasteiger partial charge is 0.322 e. The first-order chi connectivity index (χ1) is 13.4. The van der Waals surface area contributed by atoms with Crippen molar-refractivity contribution in [3.63, 3.8) is 0 Å². The second-order valence-corrected chi connectivity index (χ2v) is 7.40. The van der Waals surface area contributed by atoms with Gasteiger partial charge in [-0.3, -0.25) is 4.79 Å². The molecule has 2 N–H and O–H groups in total. The van der Waals surface area contributed by atoms with Crippen LogP contribution in [0.5, 0.6) is 0 Å². The Morgan fingerprint density at radius 2 is 1.93 bits per heavy atom. The molecule has 0 fully saturated rings. The lowest BCUT2D eigenvalue weighted by Crippen LogP contribution is -2.35. The lowest BCUT2D eigenvalue weighted by molar-refractivity contribution is 0.209. The van der Waals surface area contributed by atoms with Crippen LogP contribution in [-0.4, -0.2) is 22.5 Å². The van der Waals surface area contributed by atoms with Crippen LogP contribution in [0.25, 0.3) is 10.9 Å². The highest BCUT2D eigenvalue weighted by Crippen LogP contribution is 2.24. The Bertz CT molecular complexity index is 1080.